The van der Waals surface area contributed by atoms with Crippen molar-refractivity contribution in [2.45, 2.75) is 44.4 Å². The average Bonchev–Trinajstić information content (AvgIpc) is 3.58. The number of thiol groups is 1. The van der Waals surface area contributed by atoms with Gasteiger partial charge < -0.3 is 35.1 Å². The Morgan fingerprint density at radius 3 is 2.48 bits per heavy atom. The van der Waals surface area contributed by atoms with E-state index >= 15 is 0 Å². The third-order valence-electron chi connectivity index (χ3n) is 9.37. The van der Waals surface area contributed by atoms with Gasteiger partial charge in [-0.15, -0.1) is 0 Å². The Balaban J connectivity index is 1.24. The van der Waals surface area contributed by atoms with E-state index in [2.05, 4.69) is 4.98 Å². The molecule has 0 aliphatic carbocycles. The van der Waals surface area contributed by atoms with Crippen LogP contribution in [-0.4, -0.2) is 75.0 Å². The number of aliphatic hydroxyl groups is 1. The topological polar surface area (TPSA) is 162 Å². The lowest BCUT2D eigenvalue weighted by atomic mass is 9.88. The average molecular weight is 773 g/mol. The molecule has 0 amide bonds. The summed E-state index contributed by atoms with van der Waals surface area (Å²) in [4.78, 5) is 29.4. The summed E-state index contributed by atoms with van der Waals surface area (Å²) in [6, 6.07) is 16.5. The molecule has 1 aromatic heterocycles. The molecule has 4 aromatic rings. The summed E-state index contributed by atoms with van der Waals surface area (Å²) >= 11 is 13.5. The molecule has 0 saturated carbocycles. The molecule has 1 aliphatic heterocycles. The summed E-state index contributed by atoms with van der Waals surface area (Å²) in [6.45, 7) is 4.06. The van der Waals surface area contributed by atoms with Gasteiger partial charge in [0.2, 0.25) is 0 Å². The smallest absolute Gasteiger partial charge is 0.313 e. The molecule has 4 N–H and O–H groups in total. The monoisotopic (exact) mass is 771 g/mol. The fourth-order valence-corrected chi connectivity index (χ4v) is 7.47. The van der Waals surface area contributed by atoms with Gasteiger partial charge in [0, 0.05) is 59.7 Å². The number of halogens is 2. The number of ether oxygens (including phenoxy) is 3. The van der Waals surface area contributed by atoms with Crippen molar-refractivity contribution < 1.29 is 38.2 Å². The summed E-state index contributed by atoms with van der Waals surface area (Å²) in [7, 11) is -3.16. The van der Waals surface area contributed by atoms with Crippen molar-refractivity contribution in [3.05, 3.63) is 99.3 Å². The Labute approximate surface area is 314 Å². The lowest BCUT2D eigenvalue weighted by Gasteiger charge is -2.22. The summed E-state index contributed by atoms with van der Waals surface area (Å²) in [5, 5.41) is 20.0. The van der Waals surface area contributed by atoms with Crippen molar-refractivity contribution in [1.82, 2.24) is 9.88 Å². The van der Waals surface area contributed by atoms with Gasteiger partial charge in [-0.1, -0.05) is 53.5 Å². The molecular weight excluding hydrogens is 729 g/mol. The Morgan fingerprint density at radius 2 is 1.77 bits per heavy atom. The number of aliphatic hydroxyl groups excluding tert-OH is 1. The van der Waals surface area contributed by atoms with E-state index in [9.17, 15) is 24.0 Å². The van der Waals surface area contributed by atoms with E-state index in [-0.39, 0.29) is 26.4 Å². The first-order chi connectivity index (χ1) is 24.9. The van der Waals surface area contributed by atoms with Gasteiger partial charge in [-0.3, -0.25) is 18.8 Å². The highest BCUT2D eigenvalue weighted by atomic mass is 35.5. The molecule has 1 saturated heterocycles. The van der Waals surface area contributed by atoms with Gasteiger partial charge in [-0.25, -0.2) is 0 Å². The van der Waals surface area contributed by atoms with Crippen LogP contribution in [0.2, 0.25) is 10.0 Å². The Morgan fingerprint density at radius 1 is 1.02 bits per heavy atom. The minimum Gasteiger partial charge on any atom is -0.492 e. The molecule has 3 aromatic carbocycles. The van der Waals surface area contributed by atoms with Crippen LogP contribution in [0.15, 0.2) is 71.9 Å². The number of hydrogen-bond acceptors (Lipinski definition) is 10. The van der Waals surface area contributed by atoms with E-state index in [4.69, 9.17) is 43.1 Å². The second-order valence-electron chi connectivity index (χ2n) is 13.0. The third kappa shape index (κ3) is 8.94. The molecule has 52 heavy (non-hydrogen) atoms. The van der Waals surface area contributed by atoms with Crippen molar-refractivity contribution in [3.8, 4) is 28.4 Å². The molecule has 0 spiro atoms. The van der Waals surface area contributed by atoms with E-state index in [0.29, 0.717) is 88.0 Å². The molecule has 2 heterocycles. The van der Waals surface area contributed by atoms with Crippen LogP contribution in [0.25, 0.3) is 11.1 Å². The molecule has 1 atom stereocenters. The fraction of sp³-hybridized carbons (Fsp3) is 0.342. The van der Waals surface area contributed by atoms with Gasteiger partial charge in [0.05, 0.1) is 23.3 Å². The standard InChI is InChI=1S/C38H43Cl2N3O8S/c1-25-27(21-51-35-16-34(28(17-41)15-32(35)39)50-20-26-14-29(19-42-18-26)52(2,48)24-45)6-3-7-30(25)31-8-4-9-33(36(31)40)49-13-5-11-43-12-10-38(22-43,23-44)37(46)47/h3-4,6-9,14-16,18-19,24,44,52H,5,10-13,17,20-23,41H2,1-2H3,(H,46,47). The lowest BCUT2D eigenvalue weighted by Crippen LogP contribution is -2.38. The predicted octanol–water partition coefficient (Wildman–Crippen LogP) is 5.71. The van der Waals surface area contributed by atoms with Gasteiger partial charge in [-0.05, 0) is 77.4 Å². The molecule has 0 radical (unpaired) electrons. The second-order valence-corrected chi connectivity index (χ2v) is 16.5. The van der Waals surface area contributed by atoms with E-state index < -0.39 is 21.3 Å². The SMILES string of the molecule is Cc1c(COc2cc(OCc3cncc([SH](C)(=O)C=O)c3)c(CN)cc2Cl)cccc1-c1cccc(OCCCN2CCC(CO)(C(=O)O)C2)c1Cl. The van der Waals surface area contributed by atoms with Crippen LogP contribution in [0.5, 0.6) is 17.2 Å². The predicted molar refractivity (Wildman–Crippen MR) is 203 cm³/mol. The summed E-state index contributed by atoms with van der Waals surface area (Å²) in [5.74, 6) is 0.452. The first-order valence-corrected chi connectivity index (χ1v) is 19.7. The van der Waals surface area contributed by atoms with Crippen LogP contribution in [-0.2, 0) is 39.3 Å². The molecule has 278 valence electrons. The van der Waals surface area contributed by atoms with Crippen molar-refractivity contribution in [3.63, 3.8) is 0 Å². The maximum absolute atomic E-state index is 12.5. The first-order valence-electron chi connectivity index (χ1n) is 16.7. The number of carboxylic acids is 1. The van der Waals surface area contributed by atoms with E-state index in [1.807, 2.05) is 48.2 Å². The van der Waals surface area contributed by atoms with Crippen LogP contribution < -0.4 is 19.9 Å². The minimum absolute atomic E-state index is 0.0922. The highest BCUT2D eigenvalue weighted by molar-refractivity contribution is 8.14. The fourth-order valence-electron chi connectivity index (χ4n) is 6.11. The number of aromatic nitrogens is 1. The van der Waals surface area contributed by atoms with Gasteiger partial charge in [0.1, 0.15) is 35.9 Å². The van der Waals surface area contributed by atoms with E-state index in [0.717, 1.165) is 22.3 Å². The summed E-state index contributed by atoms with van der Waals surface area (Å²) in [6.07, 6.45) is 5.48. The largest absolute Gasteiger partial charge is 0.492 e. The van der Waals surface area contributed by atoms with Gasteiger partial charge in [-0.2, -0.15) is 0 Å². The number of benzene rings is 3. The number of hydrogen-bond donors (Lipinski definition) is 4. The quantitative estimate of drug-likeness (QED) is 0.0591. The first kappa shape index (κ1) is 39.2. The molecule has 14 heteroatoms. The number of aliphatic carboxylic acids is 1. The third-order valence-corrected chi connectivity index (χ3v) is 11.7. The number of carboxylic acid groups (broad SMARTS) is 1. The number of nitrogens with two attached hydrogens (primary N) is 1. The number of carbonyl (C=O) groups excluding carboxylic acids is 1. The highest BCUT2D eigenvalue weighted by Gasteiger charge is 2.44. The van der Waals surface area contributed by atoms with Crippen LogP contribution in [0.1, 0.15) is 35.1 Å². The lowest BCUT2D eigenvalue weighted by molar-refractivity contribution is -0.150. The Bertz CT molecular complexity index is 1980. The molecule has 1 fully saturated rings. The van der Waals surface area contributed by atoms with Gasteiger partial charge in [0.25, 0.3) is 0 Å². The normalized spacial score (nSPS) is 16.4. The zero-order chi connectivity index (χ0) is 37.5. The maximum atomic E-state index is 12.5. The van der Waals surface area contributed by atoms with Gasteiger partial charge >= 0.3 is 5.97 Å². The zero-order valence-electron chi connectivity index (χ0n) is 29.0. The number of carbonyl (C=O) groups is 2. The van der Waals surface area contributed by atoms with Crippen LogP contribution in [0.3, 0.4) is 0 Å². The van der Waals surface area contributed by atoms with Crippen LogP contribution >= 0.6 is 23.2 Å². The van der Waals surface area contributed by atoms with Crippen molar-refractivity contribution in [1.29, 1.82) is 0 Å². The number of nitrogens with zero attached hydrogens (tertiary/aromatic N) is 2. The molecule has 1 unspecified atom stereocenters. The minimum atomic E-state index is -3.16. The summed E-state index contributed by atoms with van der Waals surface area (Å²) < 4.78 is 30.9. The highest BCUT2D eigenvalue weighted by Crippen LogP contribution is 2.39. The van der Waals surface area contributed by atoms with E-state index in [1.54, 1.807) is 24.4 Å². The zero-order valence-corrected chi connectivity index (χ0v) is 31.4. The molecule has 0 bridgehead atoms. The van der Waals surface area contributed by atoms with Crippen molar-refractivity contribution in [2.75, 3.05) is 39.1 Å². The number of rotatable bonds is 17. The maximum Gasteiger partial charge on any atom is 0.313 e. The second kappa shape index (κ2) is 17.2. The summed E-state index contributed by atoms with van der Waals surface area (Å²) in [5.41, 5.74) is 10.2. The number of likely N-dealkylation sites (tertiary alicyclic amines) is 1. The van der Waals surface area contributed by atoms with Crippen molar-refractivity contribution in [2.24, 2.45) is 11.1 Å². The van der Waals surface area contributed by atoms with Crippen LogP contribution in [0, 0.1) is 12.3 Å². The van der Waals surface area contributed by atoms with Crippen LogP contribution in [0.4, 0.5) is 0 Å². The number of pyridine rings is 1. The molecule has 1 aliphatic rings. The molecule has 11 nitrogen and oxygen atoms in total. The Kier molecular flexibility index (Phi) is 13.0. The molecular formula is C38H43Cl2N3O8S. The van der Waals surface area contributed by atoms with Crippen molar-refractivity contribution >= 4 is 44.7 Å². The molecule has 5 rings (SSSR count). The Hall–Kier alpha value is -4.04. The van der Waals surface area contributed by atoms with Gasteiger partial charge in [0.15, 0.2) is 5.62 Å². The van der Waals surface area contributed by atoms with E-state index in [1.165, 1.54) is 12.5 Å².